The number of carbonyl (C=O) groups excluding carboxylic acids is 5. The molecule has 5 heterocycles. The number of epoxide rings is 1. The molecule has 0 spiro atoms. The number of cyclic esters (lactones) is 1. The lowest BCUT2D eigenvalue weighted by atomic mass is 9.84. The Kier molecular flexibility index (Phi) is 13.7. The minimum atomic E-state index is -1.15. The number of Topliss-reactive ketones (excluding diaryl/α,β-unsaturated/α-hetero) is 1. The molecular formula is C51H64N6O9. The number of hydrogen-bond acceptors (Lipinski definition) is 11. The number of rotatable bonds is 11. The highest BCUT2D eigenvalue weighted by atomic mass is 16.6. The standard InChI is InChI=1S/C51H64N6O9/c1-8-56-42-14-13-31-23-37(42)38(45(56)39-25-52-16-15-34(39)26-64-7)24-51(4,5)28-66-50(63)40-10-9-17-57(54-40)49(62)41(20-30-18-35(31)22-36(58)19-30)53-47(60)44(29(2)3)55(6)48(61)33-12-11-32(21-33)46(59)43-27-65-43/h13-16,18-19,22-23,25,29,32-33,40-41,43-44,54,58H,8-12,17,20-21,24,26-28H2,1-7H3,(H,53,60)/t32?,33-,40-,41-,43-,44?/m0/s1. The van der Waals surface area contributed by atoms with Crippen LogP contribution in [0.4, 0.5) is 0 Å². The Morgan fingerprint density at radius 2 is 1.83 bits per heavy atom. The maximum Gasteiger partial charge on any atom is 0.324 e. The number of phenolic OH excluding ortho intramolecular Hbond substituents is 1. The number of phenols is 1. The summed E-state index contributed by atoms with van der Waals surface area (Å²) in [6.45, 7) is 11.8. The average Bonchev–Trinajstić information content (AvgIpc) is 3.95. The van der Waals surface area contributed by atoms with Gasteiger partial charge in [0, 0.05) is 79.8 Å². The summed E-state index contributed by atoms with van der Waals surface area (Å²) in [5, 5.41) is 16.7. The van der Waals surface area contributed by atoms with Crippen molar-refractivity contribution in [2.75, 3.05) is 33.9 Å². The normalized spacial score (nSPS) is 23.6. The predicted molar refractivity (Wildman–Crippen MR) is 248 cm³/mol. The molecule has 2 unspecified atom stereocenters. The number of carbonyl (C=O) groups is 5. The van der Waals surface area contributed by atoms with Gasteiger partial charge in [0.15, 0.2) is 5.78 Å². The van der Waals surface area contributed by atoms with Crippen LogP contribution in [0.5, 0.6) is 5.75 Å². The molecule has 352 valence electrons. The van der Waals surface area contributed by atoms with Gasteiger partial charge in [-0.1, -0.05) is 39.8 Å². The van der Waals surface area contributed by atoms with E-state index in [4.69, 9.17) is 14.2 Å². The third-order valence-corrected chi connectivity index (χ3v) is 13.8. The van der Waals surface area contributed by atoms with Gasteiger partial charge < -0.3 is 34.1 Å². The van der Waals surface area contributed by atoms with E-state index in [1.165, 1.54) is 9.91 Å². The molecule has 15 heteroatoms. The van der Waals surface area contributed by atoms with Crippen LogP contribution in [0.1, 0.15) is 83.4 Å². The first-order valence-corrected chi connectivity index (χ1v) is 23.4. The van der Waals surface area contributed by atoms with Crippen LogP contribution in [0.25, 0.3) is 33.3 Å². The molecule has 2 aromatic carbocycles. The highest BCUT2D eigenvalue weighted by molar-refractivity contribution is 5.96. The number of esters is 1. The molecule has 15 nitrogen and oxygen atoms in total. The molecule has 3 amide bonds. The zero-order valence-corrected chi connectivity index (χ0v) is 39.2. The Morgan fingerprint density at radius 3 is 2.56 bits per heavy atom. The van der Waals surface area contributed by atoms with E-state index < -0.39 is 47.2 Å². The number of fused-ring (bicyclic) bond motifs is 6. The number of nitrogens with zero attached hydrogens (tertiary/aromatic N) is 4. The van der Waals surface area contributed by atoms with Crippen molar-refractivity contribution in [2.45, 2.75) is 117 Å². The number of pyridine rings is 1. The van der Waals surface area contributed by atoms with E-state index in [1.807, 2.05) is 38.2 Å². The van der Waals surface area contributed by atoms with E-state index in [1.54, 1.807) is 32.5 Å². The molecule has 6 bridgehead atoms. The summed E-state index contributed by atoms with van der Waals surface area (Å²) < 4.78 is 19.2. The highest BCUT2D eigenvalue weighted by Crippen LogP contribution is 2.42. The Hall–Kier alpha value is -5.64. The van der Waals surface area contributed by atoms with Crippen molar-refractivity contribution < 1.29 is 43.3 Å². The van der Waals surface area contributed by atoms with E-state index in [-0.39, 0.29) is 55.0 Å². The number of benzene rings is 2. The van der Waals surface area contributed by atoms with Crippen LogP contribution in [0.15, 0.2) is 54.9 Å². The topological polar surface area (TPSA) is 185 Å². The lowest BCUT2D eigenvalue weighted by Gasteiger charge is -2.37. The molecule has 4 aromatic rings. The Morgan fingerprint density at radius 1 is 1.06 bits per heavy atom. The second kappa shape index (κ2) is 19.3. The Labute approximate surface area is 386 Å². The number of ether oxygens (including phenoxy) is 3. The lowest BCUT2D eigenvalue weighted by Crippen LogP contribution is -2.62. The number of methoxy groups -OCH3 is 1. The van der Waals surface area contributed by atoms with Crippen molar-refractivity contribution in [3.05, 3.63) is 71.5 Å². The van der Waals surface area contributed by atoms with Crippen LogP contribution < -0.4 is 10.7 Å². The number of aromatic nitrogens is 2. The van der Waals surface area contributed by atoms with Gasteiger partial charge in [0.2, 0.25) is 11.8 Å². The van der Waals surface area contributed by atoms with Gasteiger partial charge in [0.1, 0.15) is 30.0 Å². The van der Waals surface area contributed by atoms with Gasteiger partial charge in [-0.25, -0.2) is 5.43 Å². The number of hydrogen-bond donors (Lipinski definition) is 3. The molecule has 1 aliphatic carbocycles. The van der Waals surface area contributed by atoms with Crippen molar-refractivity contribution in [1.82, 2.24) is 30.2 Å². The largest absolute Gasteiger partial charge is 0.508 e. The average molecular weight is 905 g/mol. The molecule has 4 aliphatic rings. The summed E-state index contributed by atoms with van der Waals surface area (Å²) in [6, 6.07) is 10.5. The predicted octanol–water partition coefficient (Wildman–Crippen LogP) is 5.76. The fourth-order valence-corrected chi connectivity index (χ4v) is 10.5. The van der Waals surface area contributed by atoms with E-state index >= 15 is 0 Å². The van der Waals surface area contributed by atoms with Crippen molar-refractivity contribution in [3.63, 3.8) is 0 Å². The van der Waals surface area contributed by atoms with Crippen molar-refractivity contribution in [1.29, 1.82) is 0 Å². The summed E-state index contributed by atoms with van der Waals surface area (Å²) in [7, 11) is 3.28. The molecule has 0 radical (unpaired) electrons. The summed E-state index contributed by atoms with van der Waals surface area (Å²) >= 11 is 0. The molecule has 3 aliphatic heterocycles. The molecule has 6 atom stereocenters. The SMILES string of the molecule is CCn1c(-c2cnccc2COC)c2c3cc(ccc31)-c1cc(O)cc(c1)C[C@H](NC(=O)C(C(C)C)N(C)C(=O)[C@H]1CCC(C(=O)[C@@H]3CO3)C1)C(=O)N1CCC[C@H](N1)C(=O)OCC(C)(C)C2. The zero-order valence-electron chi connectivity index (χ0n) is 39.2. The minimum Gasteiger partial charge on any atom is -0.508 e. The van der Waals surface area contributed by atoms with Gasteiger partial charge in [-0.2, -0.15) is 0 Å². The van der Waals surface area contributed by atoms with E-state index in [0.29, 0.717) is 63.8 Å². The highest BCUT2D eigenvalue weighted by Gasteiger charge is 2.44. The molecule has 2 saturated heterocycles. The first-order valence-electron chi connectivity index (χ1n) is 23.4. The molecule has 66 heavy (non-hydrogen) atoms. The lowest BCUT2D eigenvalue weighted by molar-refractivity contribution is -0.155. The second-order valence-electron chi connectivity index (χ2n) is 19.8. The van der Waals surface area contributed by atoms with Crippen molar-refractivity contribution in [3.8, 4) is 28.1 Å². The van der Waals surface area contributed by atoms with Crippen LogP contribution in [0.3, 0.4) is 0 Å². The Bertz CT molecular complexity index is 2510. The fourth-order valence-electron chi connectivity index (χ4n) is 10.5. The second-order valence-corrected chi connectivity index (χ2v) is 19.8. The molecule has 2 aromatic heterocycles. The number of aromatic hydroxyl groups is 1. The number of ketones is 1. The number of aryl methyl sites for hydroxylation is 1. The van der Waals surface area contributed by atoms with E-state index in [2.05, 4.69) is 53.2 Å². The molecule has 3 fully saturated rings. The smallest absolute Gasteiger partial charge is 0.324 e. The van der Waals surface area contributed by atoms with Gasteiger partial charge in [0.25, 0.3) is 5.91 Å². The zero-order chi connectivity index (χ0) is 47.0. The quantitative estimate of drug-likeness (QED) is 0.123. The third kappa shape index (κ3) is 9.75. The van der Waals surface area contributed by atoms with Crippen LogP contribution in [-0.4, -0.2) is 112 Å². The monoisotopic (exact) mass is 904 g/mol. The number of nitrogens with one attached hydrogen (secondary N) is 2. The van der Waals surface area contributed by atoms with E-state index in [9.17, 15) is 29.1 Å². The first-order chi connectivity index (χ1) is 31.6. The summed E-state index contributed by atoms with van der Waals surface area (Å²) in [5.41, 5.74) is 9.77. The van der Waals surface area contributed by atoms with Crippen LogP contribution in [-0.2, 0) is 64.2 Å². The molecular weight excluding hydrogens is 841 g/mol. The molecule has 3 N–H and O–H groups in total. The van der Waals surface area contributed by atoms with Crippen LogP contribution >= 0.6 is 0 Å². The molecule has 8 rings (SSSR count). The van der Waals surface area contributed by atoms with Gasteiger partial charge in [0.05, 0.1) is 25.5 Å². The number of hydrazine groups is 1. The maximum atomic E-state index is 14.7. The third-order valence-electron chi connectivity index (χ3n) is 13.8. The summed E-state index contributed by atoms with van der Waals surface area (Å²) in [6.07, 6.45) is 6.33. The van der Waals surface area contributed by atoms with Gasteiger partial charge in [-0.15, -0.1) is 0 Å². The first kappa shape index (κ1) is 46.9. The van der Waals surface area contributed by atoms with Gasteiger partial charge in [-0.3, -0.25) is 34.0 Å². The van der Waals surface area contributed by atoms with Crippen molar-refractivity contribution in [2.24, 2.45) is 23.2 Å². The van der Waals surface area contributed by atoms with Crippen molar-refractivity contribution >= 4 is 40.4 Å². The maximum absolute atomic E-state index is 14.7. The summed E-state index contributed by atoms with van der Waals surface area (Å²) in [5.74, 6) is -2.62. The summed E-state index contributed by atoms with van der Waals surface area (Å²) in [4.78, 5) is 76.0. The van der Waals surface area contributed by atoms with Gasteiger partial charge in [-0.05, 0) is 110 Å². The number of likely N-dealkylation sites (N-methyl/N-ethyl adjacent to an activating group) is 1. The Balaban J connectivity index is 1.17. The number of amides is 3. The van der Waals surface area contributed by atoms with Crippen LogP contribution in [0, 0.1) is 23.2 Å². The van der Waals surface area contributed by atoms with Gasteiger partial charge >= 0.3 is 5.97 Å². The molecule has 1 saturated carbocycles. The van der Waals surface area contributed by atoms with E-state index in [0.717, 1.165) is 44.4 Å². The fraction of sp³-hybridized carbons (Fsp3) is 0.529. The minimum absolute atomic E-state index is 0.00127. The van der Waals surface area contributed by atoms with Crippen LogP contribution in [0.2, 0.25) is 0 Å².